The van der Waals surface area contributed by atoms with E-state index < -0.39 is 0 Å². The highest BCUT2D eigenvalue weighted by Gasteiger charge is 2.22. The lowest BCUT2D eigenvalue weighted by atomic mass is 9.90. The van der Waals surface area contributed by atoms with Crippen LogP contribution in [0.1, 0.15) is 25.3 Å². The van der Waals surface area contributed by atoms with Gasteiger partial charge in [-0.1, -0.05) is 13.8 Å². The summed E-state index contributed by atoms with van der Waals surface area (Å²) in [5.74, 6) is 1.74. The zero-order valence-corrected chi connectivity index (χ0v) is 10.6. The van der Waals surface area contributed by atoms with Crippen LogP contribution in [-0.4, -0.2) is 11.5 Å². The Morgan fingerprint density at radius 1 is 1.44 bits per heavy atom. The fraction of sp³-hybridized carbons (Fsp3) is 0.417. The molecule has 0 aliphatic heterocycles. The van der Waals surface area contributed by atoms with Gasteiger partial charge in [-0.05, 0) is 19.1 Å². The van der Waals surface area contributed by atoms with Crippen LogP contribution in [0.2, 0.25) is 0 Å². The maximum Gasteiger partial charge on any atom is 0.162 e. The van der Waals surface area contributed by atoms with Crippen molar-refractivity contribution in [3.63, 3.8) is 0 Å². The summed E-state index contributed by atoms with van der Waals surface area (Å²) in [5, 5.41) is 2.98. The van der Waals surface area contributed by atoms with E-state index in [0.29, 0.717) is 6.54 Å². The summed E-state index contributed by atoms with van der Waals surface area (Å²) < 4.78 is 5.55. The van der Waals surface area contributed by atoms with Crippen LogP contribution >= 0.6 is 11.3 Å². The van der Waals surface area contributed by atoms with E-state index in [-0.39, 0.29) is 5.41 Å². The highest BCUT2D eigenvalue weighted by Crippen LogP contribution is 2.30. The highest BCUT2D eigenvalue weighted by atomic mass is 32.1. The third-order valence-corrected chi connectivity index (χ3v) is 3.52. The van der Waals surface area contributed by atoms with Crippen molar-refractivity contribution < 1.29 is 4.42 Å². The topological polar surface area (TPSA) is 52.0 Å². The third-order valence-electron chi connectivity index (χ3n) is 2.66. The van der Waals surface area contributed by atoms with E-state index in [1.807, 2.05) is 19.1 Å². The average Bonchev–Trinajstić information content (AvgIpc) is 2.85. The van der Waals surface area contributed by atoms with Gasteiger partial charge in [0.25, 0.3) is 0 Å². The second-order valence-corrected chi connectivity index (χ2v) is 5.39. The Balaban J connectivity index is 2.33. The van der Waals surface area contributed by atoms with E-state index in [9.17, 15) is 0 Å². The second kappa shape index (κ2) is 4.03. The van der Waals surface area contributed by atoms with E-state index in [2.05, 4.69) is 24.2 Å². The minimum Gasteiger partial charge on any atom is -0.459 e. The summed E-state index contributed by atoms with van der Waals surface area (Å²) in [6, 6.07) is 3.90. The largest absolute Gasteiger partial charge is 0.459 e. The van der Waals surface area contributed by atoms with Gasteiger partial charge in [-0.2, -0.15) is 0 Å². The van der Waals surface area contributed by atoms with Crippen LogP contribution in [0.5, 0.6) is 0 Å². The molecule has 2 rings (SSSR count). The van der Waals surface area contributed by atoms with Gasteiger partial charge in [0.15, 0.2) is 10.8 Å². The van der Waals surface area contributed by atoms with Crippen molar-refractivity contribution in [1.82, 2.24) is 4.98 Å². The van der Waals surface area contributed by atoms with Gasteiger partial charge < -0.3 is 10.2 Å². The standard InChI is InChI=1S/C12H16N2OS/c1-8-4-5-9(15-8)11-14-10(6-16-11)12(2,3)7-13/h4-6H,7,13H2,1-3H3. The predicted octanol–water partition coefficient (Wildman–Crippen LogP) is 2.95. The van der Waals surface area contributed by atoms with Gasteiger partial charge in [-0.15, -0.1) is 11.3 Å². The van der Waals surface area contributed by atoms with Gasteiger partial charge in [0.1, 0.15) is 5.76 Å². The molecule has 0 fully saturated rings. The van der Waals surface area contributed by atoms with Gasteiger partial charge in [-0.25, -0.2) is 4.98 Å². The lowest BCUT2D eigenvalue weighted by molar-refractivity contribution is 0.522. The maximum atomic E-state index is 5.73. The van der Waals surface area contributed by atoms with E-state index in [1.165, 1.54) is 0 Å². The molecule has 0 spiro atoms. The molecule has 3 nitrogen and oxygen atoms in total. The molecule has 0 aromatic carbocycles. The molecule has 0 bridgehead atoms. The van der Waals surface area contributed by atoms with Crippen LogP contribution in [0, 0.1) is 6.92 Å². The Morgan fingerprint density at radius 2 is 2.19 bits per heavy atom. The SMILES string of the molecule is Cc1ccc(-c2nc(C(C)(C)CN)cs2)o1. The number of hydrogen-bond donors (Lipinski definition) is 1. The van der Waals surface area contributed by atoms with Crippen molar-refractivity contribution in [3.05, 3.63) is 29.0 Å². The molecular weight excluding hydrogens is 220 g/mol. The molecule has 0 unspecified atom stereocenters. The lowest BCUT2D eigenvalue weighted by Gasteiger charge is -2.19. The monoisotopic (exact) mass is 236 g/mol. The van der Waals surface area contributed by atoms with Crippen molar-refractivity contribution in [2.45, 2.75) is 26.2 Å². The first-order valence-corrected chi connectivity index (χ1v) is 6.14. The Labute approximate surface area is 99.3 Å². The number of aryl methyl sites for hydroxylation is 1. The molecule has 2 aromatic heterocycles. The fourth-order valence-corrected chi connectivity index (χ4v) is 2.32. The van der Waals surface area contributed by atoms with Crippen LogP contribution < -0.4 is 5.73 Å². The number of thiazole rings is 1. The van der Waals surface area contributed by atoms with Crippen LogP contribution in [0.4, 0.5) is 0 Å². The molecule has 2 aromatic rings. The molecule has 0 aliphatic carbocycles. The first-order chi connectivity index (χ1) is 7.53. The van der Waals surface area contributed by atoms with Gasteiger partial charge in [-0.3, -0.25) is 0 Å². The van der Waals surface area contributed by atoms with Gasteiger partial charge in [0.05, 0.1) is 5.69 Å². The van der Waals surface area contributed by atoms with Crippen molar-refractivity contribution in [2.24, 2.45) is 5.73 Å². The molecule has 16 heavy (non-hydrogen) atoms. The Hall–Kier alpha value is -1.13. The van der Waals surface area contributed by atoms with Crippen LogP contribution in [-0.2, 0) is 5.41 Å². The summed E-state index contributed by atoms with van der Waals surface area (Å²) in [5.41, 5.74) is 6.69. The highest BCUT2D eigenvalue weighted by molar-refractivity contribution is 7.13. The predicted molar refractivity (Wildman–Crippen MR) is 66.6 cm³/mol. The number of aromatic nitrogens is 1. The summed E-state index contributed by atoms with van der Waals surface area (Å²) in [6.07, 6.45) is 0. The van der Waals surface area contributed by atoms with Gasteiger partial charge >= 0.3 is 0 Å². The maximum absolute atomic E-state index is 5.73. The minimum atomic E-state index is -0.0730. The van der Waals surface area contributed by atoms with E-state index in [0.717, 1.165) is 22.2 Å². The zero-order chi connectivity index (χ0) is 11.8. The molecule has 0 saturated carbocycles. The molecular formula is C12H16N2OS. The first kappa shape index (κ1) is 11.4. The fourth-order valence-electron chi connectivity index (χ4n) is 1.35. The van der Waals surface area contributed by atoms with Crippen molar-refractivity contribution in [3.8, 4) is 10.8 Å². The summed E-state index contributed by atoms with van der Waals surface area (Å²) >= 11 is 1.60. The number of nitrogens with zero attached hydrogens (tertiary/aromatic N) is 1. The smallest absolute Gasteiger partial charge is 0.162 e. The first-order valence-electron chi connectivity index (χ1n) is 5.26. The average molecular weight is 236 g/mol. The van der Waals surface area contributed by atoms with Gasteiger partial charge in [0.2, 0.25) is 0 Å². The van der Waals surface area contributed by atoms with Crippen molar-refractivity contribution in [1.29, 1.82) is 0 Å². The summed E-state index contributed by atoms with van der Waals surface area (Å²) in [4.78, 5) is 4.58. The molecule has 0 saturated heterocycles. The van der Waals surface area contributed by atoms with E-state index in [4.69, 9.17) is 10.2 Å². The van der Waals surface area contributed by atoms with Crippen molar-refractivity contribution in [2.75, 3.05) is 6.54 Å². The lowest BCUT2D eigenvalue weighted by Crippen LogP contribution is -2.28. The molecule has 2 heterocycles. The van der Waals surface area contributed by atoms with Crippen molar-refractivity contribution >= 4 is 11.3 Å². The summed E-state index contributed by atoms with van der Waals surface area (Å²) in [7, 11) is 0. The molecule has 0 radical (unpaired) electrons. The third kappa shape index (κ3) is 2.03. The second-order valence-electron chi connectivity index (χ2n) is 4.54. The minimum absolute atomic E-state index is 0.0730. The number of rotatable bonds is 3. The Bertz CT molecular complexity index is 485. The molecule has 86 valence electrons. The Kier molecular flexibility index (Phi) is 2.86. The quantitative estimate of drug-likeness (QED) is 0.891. The number of nitrogens with two attached hydrogens (primary N) is 1. The summed E-state index contributed by atoms with van der Waals surface area (Å²) in [6.45, 7) is 6.72. The van der Waals surface area contributed by atoms with Crippen LogP contribution in [0.15, 0.2) is 21.9 Å². The number of furan rings is 1. The normalized spacial score (nSPS) is 12.0. The van der Waals surface area contributed by atoms with E-state index >= 15 is 0 Å². The Morgan fingerprint density at radius 3 is 2.75 bits per heavy atom. The molecule has 4 heteroatoms. The molecule has 2 N–H and O–H groups in total. The van der Waals surface area contributed by atoms with Gasteiger partial charge in [0, 0.05) is 17.3 Å². The van der Waals surface area contributed by atoms with Crippen LogP contribution in [0.25, 0.3) is 10.8 Å². The zero-order valence-electron chi connectivity index (χ0n) is 9.78. The van der Waals surface area contributed by atoms with E-state index in [1.54, 1.807) is 11.3 Å². The number of hydrogen-bond acceptors (Lipinski definition) is 4. The molecule has 0 amide bonds. The molecule has 0 atom stereocenters. The molecule has 0 aliphatic rings. The van der Waals surface area contributed by atoms with Crippen LogP contribution in [0.3, 0.4) is 0 Å².